The topological polar surface area (TPSA) is 50.8 Å². The van der Waals surface area contributed by atoms with Crippen molar-refractivity contribution in [3.8, 4) is 11.5 Å². The summed E-state index contributed by atoms with van der Waals surface area (Å²) in [6.07, 6.45) is 1.98. The Bertz CT molecular complexity index is 961. The molecule has 5 heteroatoms. The van der Waals surface area contributed by atoms with E-state index in [9.17, 15) is 4.79 Å². The molecule has 0 aliphatic carbocycles. The average Bonchev–Trinajstić information content (AvgIpc) is 2.85. The molecule has 0 bridgehead atoms. The van der Waals surface area contributed by atoms with E-state index in [-0.39, 0.29) is 6.03 Å². The van der Waals surface area contributed by atoms with E-state index in [4.69, 9.17) is 9.47 Å². The largest absolute Gasteiger partial charge is 0.493 e. The molecule has 3 rings (SSSR count). The first-order valence-corrected chi connectivity index (χ1v) is 11.1. The SMILES string of the molecule is CCCCN(Cc1ccc(OCc2ccccc2)c(OC)c1)C(=O)NCc1ccccc1. The van der Waals surface area contributed by atoms with Crippen molar-refractivity contribution in [2.45, 2.75) is 39.5 Å². The van der Waals surface area contributed by atoms with Crippen molar-refractivity contribution in [1.29, 1.82) is 0 Å². The Kier molecular flexibility index (Phi) is 8.99. The van der Waals surface area contributed by atoms with Crippen LogP contribution in [0.25, 0.3) is 0 Å². The fourth-order valence-corrected chi connectivity index (χ4v) is 3.37. The van der Waals surface area contributed by atoms with Crippen LogP contribution in [-0.2, 0) is 19.7 Å². The van der Waals surface area contributed by atoms with E-state index < -0.39 is 0 Å². The van der Waals surface area contributed by atoms with Gasteiger partial charge in [-0.25, -0.2) is 4.79 Å². The van der Waals surface area contributed by atoms with Crippen molar-refractivity contribution in [1.82, 2.24) is 10.2 Å². The van der Waals surface area contributed by atoms with Gasteiger partial charge in [0.2, 0.25) is 0 Å². The third kappa shape index (κ3) is 7.05. The summed E-state index contributed by atoms with van der Waals surface area (Å²) in [4.78, 5) is 14.7. The number of carbonyl (C=O) groups excluding carboxylic acids is 1. The molecule has 0 fully saturated rings. The normalized spacial score (nSPS) is 10.4. The van der Waals surface area contributed by atoms with E-state index >= 15 is 0 Å². The summed E-state index contributed by atoms with van der Waals surface area (Å²) in [7, 11) is 1.63. The van der Waals surface area contributed by atoms with Gasteiger partial charge in [-0.3, -0.25) is 0 Å². The molecular formula is C27H32N2O3. The van der Waals surface area contributed by atoms with Gasteiger partial charge in [0, 0.05) is 19.6 Å². The van der Waals surface area contributed by atoms with Gasteiger partial charge in [-0.1, -0.05) is 80.1 Å². The number of hydrogen-bond donors (Lipinski definition) is 1. The van der Waals surface area contributed by atoms with Crippen LogP contribution in [0.4, 0.5) is 4.79 Å². The average molecular weight is 433 g/mol. The number of nitrogens with one attached hydrogen (secondary N) is 1. The summed E-state index contributed by atoms with van der Waals surface area (Å²) in [5.74, 6) is 1.35. The molecule has 2 amide bonds. The molecule has 0 unspecified atom stereocenters. The van der Waals surface area contributed by atoms with Crippen LogP contribution in [0.2, 0.25) is 0 Å². The van der Waals surface area contributed by atoms with Crippen molar-refractivity contribution in [2.24, 2.45) is 0 Å². The zero-order valence-corrected chi connectivity index (χ0v) is 18.9. The predicted octanol–water partition coefficient (Wildman–Crippen LogP) is 5.79. The standard InChI is InChI=1S/C27H32N2O3/c1-3-4-17-29(27(30)28-19-22-11-7-5-8-12-22)20-24-15-16-25(26(18-24)31-2)32-21-23-13-9-6-10-14-23/h5-16,18H,3-4,17,19-21H2,1-2H3,(H,28,30). The lowest BCUT2D eigenvalue weighted by atomic mass is 10.1. The number of benzene rings is 3. The monoisotopic (exact) mass is 432 g/mol. The van der Waals surface area contributed by atoms with Crippen molar-refractivity contribution >= 4 is 6.03 Å². The molecule has 0 aliphatic heterocycles. The third-order valence-corrected chi connectivity index (χ3v) is 5.19. The number of methoxy groups -OCH3 is 1. The van der Waals surface area contributed by atoms with E-state index in [1.54, 1.807) is 7.11 Å². The molecule has 0 saturated heterocycles. The lowest BCUT2D eigenvalue weighted by molar-refractivity contribution is 0.193. The first kappa shape index (κ1) is 23.2. The summed E-state index contributed by atoms with van der Waals surface area (Å²) >= 11 is 0. The Morgan fingerprint density at radius 3 is 2.22 bits per heavy atom. The Morgan fingerprint density at radius 1 is 0.875 bits per heavy atom. The van der Waals surface area contributed by atoms with Crippen LogP contribution in [-0.4, -0.2) is 24.6 Å². The number of carbonyl (C=O) groups is 1. The maximum Gasteiger partial charge on any atom is 0.317 e. The maximum atomic E-state index is 12.9. The van der Waals surface area contributed by atoms with Gasteiger partial charge in [0.25, 0.3) is 0 Å². The highest BCUT2D eigenvalue weighted by atomic mass is 16.5. The van der Waals surface area contributed by atoms with E-state index in [2.05, 4.69) is 12.2 Å². The number of unbranched alkanes of at least 4 members (excludes halogenated alkanes) is 1. The highest BCUT2D eigenvalue weighted by molar-refractivity contribution is 5.74. The van der Waals surface area contributed by atoms with E-state index in [0.717, 1.165) is 29.5 Å². The third-order valence-electron chi connectivity index (χ3n) is 5.19. The number of rotatable bonds is 11. The lowest BCUT2D eigenvalue weighted by Crippen LogP contribution is -2.39. The second kappa shape index (κ2) is 12.4. The molecule has 0 heterocycles. The van der Waals surface area contributed by atoms with Crippen LogP contribution in [0.5, 0.6) is 11.5 Å². The fourth-order valence-electron chi connectivity index (χ4n) is 3.37. The number of hydrogen-bond acceptors (Lipinski definition) is 3. The number of ether oxygens (including phenoxy) is 2. The van der Waals surface area contributed by atoms with Crippen molar-refractivity contribution < 1.29 is 14.3 Å². The Balaban J connectivity index is 1.64. The molecule has 1 N–H and O–H groups in total. The lowest BCUT2D eigenvalue weighted by Gasteiger charge is -2.24. The van der Waals surface area contributed by atoms with Crippen LogP contribution in [0.15, 0.2) is 78.9 Å². The van der Waals surface area contributed by atoms with E-state index in [0.29, 0.717) is 37.7 Å². The van der Waals surface area contributed by atoms with Gasteiger partial charge in [-0.2, -0.15) is 0 Å². The molecule has 3 aromatic carbocycles. The Morgan fingerprint density at radius 2 is 1.56 bits per heavy atom. The van der Waals surface area contributed by atoms with Crippen LogP contribution in [0.1, 0.15) is 36.5 Å². The molecular weight excluding hydrogens is 400 g/mol. The van der Waals surface area contributed by atoms with Crippen LogP contribution >= 0.6 is 0 Å². The summed E-state index contributed by atoms with van der Waals surface area (Å²) in [6, 6.07) is 25.8. The molecule has 0 spiro atoms. The van der Waals surface area contributed by atoms with Gasteiger partial charge in [-0.05, 0) is 35.2 Å². The number of nitrogens with zero attached hydrogens (tertiary/aromatic N) is 1. The van der Waals surface area contributed by atoms with Crippen molar-refractivity contribution in [3.05, 3.63) is 95.6 Å². The summed E-state index contributed by atoms with van der Waals surface area (Å²) in [5.41, 5.74) is 3.18. The van der Waals surface area contributed by atoms with E-state index in [1.165, 1.54) is 0 Å². The summed E-state index contributed by atoms with van der Waals surface area (Å²) in [5, 5.41) is 3.04. The molecule has 3 aromatic rings. The summed E-state index contributed by atoms with van der Waals surface area (Å²) < 4.78 is 11.5. The summed E-state index contributed by atoms with van der Waals surface area (Å²) in [6.45, 7) is 4.32. The second-order valence-corrected chi connectivity index (χ2v) is 7.68. The van der Waals surface area contributed by atoms with Gasteiger partial charge >= 0.3 is 6.03 Å². The highest BCUT2D eigenvalue weighted by Crippen LogP contribution is 2.29. The number of amides is 2. The maximum absolute atomic E-state index is 12.9. The van der Waals surface area contributed by atoms with E-state index in [1.807, 2.05) is 83.8 Å². The Labute approximate surface area is 191 Å². The highest BCUT2D eigenvalue weighted by Gasteiger charge is 2.15. The minimum absolute atomic E-state index is 0.0642. The molecule has 0 aliphatic rings. The van der Waals surface area contributed by atoms with Crippen LogP contribution in [0, 0.1) is 0 Å². The molecule has 0 atom stereocenters. The molecule has 0 saturated carbocycles. The minimum atomic E-state index is -0.0642. The Hall–Kier alpha value is -3.47. The van der Waals surface area contributed by atoms with Gasteiger partial charge in [0.15, 0.2) is 11.5 Å². The first-order valence-electron chi connectivity index (χ1n) is 11.1. The smallest absolute Gasteiger partial charge is 0.317 e. The van der Waals surface area contributed by atoms with Gasteiger partial charge < -0.3 is 19.7 Å². The fraction of sp³-hybridized carbons (Fsp3) is 0.296. The molecule has 32 heavy (non-hydrogen) atoms. The second-order valence-electron chi connectivity index (χ2n) is 7.68. The molecule has 0 radical (unpaired) electrons. The molecule has 168 valence electrons. The van der Waals surface area contributed by atoms with Gasteiger partial charge in [-0.15, -0.1) is 0 Å². The van der Waals surface area contributed by atoms with Gasteiger partial charge in [0.1, 0.15) is 6.61 Å². The van der Waals surface area contributed by atoms with Crippen molar-refractivity contribution in [3.63, 3.8) is 0 Å². The van der Waals surface area contributed by atoms with Gasteiger partial charge in [0.05, 0.1) is 7.11 Å². The van der Waals surface area contributed by atoms with Crippen LogP contribution < -0.4 is 14.8 Å². The zero-order valence-electron chi connectivity index (χ0n) is 18.9. The quantitative estimate of drug-likeness (QED) is 0.417. The number of urea groups is 1. The predicted molar refractivity (Wildman–Crippen MR) is 128 cm³/mol. The van der Waals surface area contributed by atoms with Crippen LogP contribution in [0.3, 0.4) is 0 Å². The zero-order chi connectivity index (χ0) is 22.6. The molecule has 5 nitrogen and oxygen atoms in total. The first-order chi connectivity index (χ1) is 15.7. The minimum Gasteiger partial charge on any atom is -0.493 e. The molecule has 0 aromatic heterocycles. The van der Waals surface area contributed by atoms with Crippen molar-refractivity contribution in [2.75, 3.05) is 13.7 Å².